The maximum atomic E-state index is 14.2. The van der Waals surface area contributed by atoms with Crippen molar-refractivity contribution in [2.75, 3.05) is 13.2 Å². The van der Waals surface area contributed by atoms with Gasteiger partial charge in [-0.1, -0.05) is 18.2 Å². The first-order valence-electron chi connectivity index (χ1n) is 12.1. The van der Waals surface area contributed by atoms with E-state index < -0.39 is 39.1 Å². The standard InChI is InChI=1S/C26H27F4N3O4S/c1-2-32(24(34)18-9-11-20(12-10-18)26(28,29)30)15-21-14-31-25(33(21)16-22-7-5-13-37-22)38(35,36)17-19-6-3-4-8-23(19)27/h3-4,6,8-12,14,22H,2,5,7,13,15-17H2,1H3/t22-/m1/s1. The maximum Gasteiger partial charge on any atom is 0.416 e. The van der Waals surface area contributed by atoms with Crippen molar-refractivity contribution in [1.29, 1.82) is 0 Å². The van der Waals surface area contributed by atoms with E-state index in [1.54, 1.807) is 13.0 Å². The average Bonchev–Trinajstić information content (AvgIpc) is 3.54. The van der Waals surface area contributed by atoms with Crippen LogP contribution in [0.2, 0.25) is 0 Å². The van der Waals surface area contributed by atoms with Crippen LogP contribution in [0, 0.1) is 5.82 Å². The summed E-state index contributed by atoms with van der Waals surface area (Å²) in [5.41, 5.74) is -0.378. The molecule has 0 spiro atoms. The lowest BCUT2D eigenvalue weighted by molar-refractivity contribution is -0.137. The minimum Gasteiger partial charge on any atom is -0.376 e. The van der Waals surface area contributed by atoms with Crippen LogP contribution in [-0.4, -0.2) is 48.0 Å². The van der Waals surface area contributed by atoms with Crippen molar-refractivity contribution < 1.29 is 35.5 Å². The molecule has 1 amide bonds. The normalized spacial score (nSPS) is 16.1. The molecule has 1 fully saturated rings. The number of imidazole rings is 1. The Morgan fingerprint density at radius 3 is 2.47 bits per heavy atom. The zero-order valence-corrected chi connectivity index (χ0v) is 21.4. The molecule has 0 unspecified atom stereocenters. The molecular weight excluding hydrogens is 526 g/mol. The van der Waals surface area contributed by atoms with E-state index in [0.29, 0.717) is 18.7 Å². The van der Waals surface area contributed by atoms with E-state index in [-0.39, 0.29) is 42.0 Å². The molecule has 0 aliphatic carbocycles. The zero-order chi connectivity index (χ0) is 27.5. The number of nitrogens with zero attached hydrogens (tertiary/aromatic N) is 3. The number of carbonyl (C=O) groups excluding carboxylic acids is 1. The third-order valence-electron chi connectivity index (χ3n) is 6.37. The van der Waals surface area contributed by atoms with Gasteiger partial charge >= 0.3 is 6.18 Å². The van der Waals surface area contributed by atoms with E-state index in [1.165, 1.54) is 33.9 Å². The predicted molar refractivity (Wildman–Crippen MR) is 130 cm³/mol. The quantitative estimate of drug-likeness (QED) is 0.354. The fourth-order valence-corrected chi connectivity index (χ4v) is 5.86. The number of rotatable bonds is 9. The smallest absolute Gasteiger partial charge is 0.376 e. The molecule has 0 bridgehead atoms. The highest BCUT2D eigenvalue weighted by Gasteiger charge is 2.31. The number of amides is 1. The van der Waals surface area contributed by atoms with Crippen molar-refractivity contribution in [3.8, 4) is 0 Å². The highest BCUT2D eigenvalue weighted by Crippen LogP contribution is 2.29. The number of alkyl halides is 3. The Morgan fingerprint density at radius 2 is 1.87 bits per heavy atom. The second kappa shape index (κ2) is 11.2. The summed E-state index contributed by atoms with van der Waals surface area (Å²) in [6.07, 6.45) is -1.89. The van der Waals surface area contributed by atoms with Crippen molar-refractivity contribution in [1.82, 2.24) is 14.5 Å². The molecule has 0 radical (unpaired) electrons. The van der Waals surface area contributed by atoms with Crippen LogP contribution < -0.4 is 0 Å². The van der Waals surface area contributed by atoms with E-state index in [4.69, 9.17) is 4.74 Å². The minimum absolute atomic E-state index is 0.00776. The lowest BCUT2D eigenvalue weighted by Crippen LogP contribution is -2.32. The number of hydrogen-bond acceptors (Lipinski definition) is 5. The first-order chi connectivity index (χ1) is 18.0. The van der Waals surface area contributed by atoms with Gasteiger partial charge in [-0.15, -0.1) is 0 Å². The monoisotopic (exact) mass is 553 g/mol. The van der Waals surface area contributed by atoms with Crippen molar-refractivity contribution in [2.24, 2.45) is 0 Å². The third-order valence-corrected chi connectivity index (χ3v) is 7.95. The lowest BCUT2D eigenvalue weighted by Gasteiger charge is -2.23. The largest absolute Gasteiger partial charge is 0.416 e. The summed E-state index contributed by atoms with van der Waals surface area (Å²) >= 11 is 0. The van der Waals surface area contributed by atoms with E-state index >= 15 is 0 Å². The molecule has 38 heavy (non-hydrogen) atoms. The summed E-state index contributed by atoms with van der Waals surface area (Å²) in [5.74, 6) is -1.75. The molecular formula is C26H27F4N3O4S. The molecule has 4 rings (SSSR count). The molecule has 1 aromatic heterocycles. The van der Waals surface area contributed by atoms with Gasteiger partial charge < -0.3 is 14.2 Å². The van der Waals surface area contributed by atoms with Crippen LogP contribution in [0.1, 0.15) is 46.9 Å². The van der Waals surface area contributed by atoms with Gasteiger partial charge in [-0.25, -0.2) is 17.8 Å². The summed E-state index contributed by atoms with van der Waals surface area (Å²) < 4.78 is 86.8. The van der Waals surface area contributed by atoms with Crippen LogP contribution in [0.15, 0.2) is 59.9 Å². The molecule has 1 aliphatic rings. The second-order valence-corrected chi connectivity index (χ2v) is 10.9. The van der Waals surface area contributed by atoms with Crippen LogP contribution in [0.25, 0.3) is 0 Å². The molecule has 1 saturated heterocycles. The van der Waals surface area contributed by atoms with Gasteiger partial charge in [0, 0.05) is 24.3 Å². The fraction of sp³-hybridized carbons (Fsp3) is 0.385. The summed E-state index contributed by atoms with van der Waals surface area (Å²) in [4.78, 5) is 18.6. The summed E-state index contributed by atoms with van der Waals surface area (Å²) in [7, 11) is -4.07. The van der Waals surface area contributed by atoms with E-state index in [2.05, 4.69) is 4.98 Å². The number of hydrogen-bond donors (Lipinski definition) is 0. The van der Waals surface area contributed by atoms with E-state index in [9.17, 15) is 30.8 Å². The van der Waals surface area contributed by atoms with Gasteiger partial charge in [0.1, 0.15) is 5.82 Å². The molecule has 3 aromatic rings. The Balaban J connectivity index is 1.63. The maximum absolute atomic E-state index is 14.2. The second-order valence-electron chi connectivity index (χ2n) is 9.02. The summed E-state index contributed by atoms with van der Waals surface area (Å²) in [5, 5.41) is -0.260. The lowest BCUT2D eigenvalue weighted by atomic mass is 10.1. The van der Waals surface area contributed by atoms with Gasteiger partial charge in [0.2, 0.25) is 15.0 Å². The average molecular weight is 554 g/mol. The van der Waals surface area contributed by atoms with Gasteiger partial charge in [0.15, 0.2) is 0 Å². The number of carbonyl (C=O) groups is 1. The molecule has 12 heteroatoms. The van der Waals surface area contributed by atoms with E-state index in [1.807, 2.05) is 0 Å². The van der Waals surface area contributed by atoms with Gasteiger partial charge in [-0.2, -0.15) is 13.2 Å². The van der Waals surface area contributed by atoms with Crippen molar-refractivity contribution in [3.63, 3.8) is 0 Å². The number of aromatic nitrogens is 2. The van der Waals surface area contributed by atoms with Crippen molar-refractivity contribution >= 4 is 15.7 Å². The Bertz CT molecular complexity index is 1380. The molecule has 1 aliphatic heterocycles. The zero-order valence-electron chi connectivity index (χ0n) is 20.6. The van der Waals surface area contributed by atoms with Gasteiger partial charge in [-0.3, -0.25) is 4.79 Å². The predicted octanol–water partition coefficient (Wildman–Crippen LogP) is 4.86. The molecule has 204 valence electrons. The molecule has 2 aromatic carbocycles. The number of ether oxygens (including phenoxy) is 1. The Hall–Kier alpha value is -3.25. The van der Waals surface area contributed by atoms with Crippen LogP contribution in [-0.2, 0) is 39.6 Å². The number of sulfone groups is 1. The Morgan fingerprint density at radius 1 is 1.16 bits per heavy atom. The third kappa shape index (κ3) is 6.24. The van der Waals surface area contributed by atoms with Gasteiger partial charge in [0.25, 0.3) is 5.91 Å². The Labute approximate surface area is 218 Å². The fourth-order valence-electron chi connectivity index (χ4n) is 4.35. The minimum atomic E-state index is -4.52. The molecule has 2 heterocycles. The molecule has 1 atom stereocenters. The number of halogens is 4. The van der Waals surface area contributed by atoms with Crippen LogP contribution >= 0.6 is 0 Å². The van der Waals surface area contributed by atoms with Crippen LogP contribution in [0.5, 0.6) is 0 Å². The first-order valence-corrected chi connectivity index (χ1v) is 13.7. The van der Waals surface area contributed by atoms with Crippen molar-refractivity contribution in [3.05, 3.63) is 82.9 Å². The highest BCUT2D eigenvalue weighted by atomic mass is 32.2. The number of benzene rings is 2. The first kappa shape index (κ1) is 27.8. The van der Waals surface area contributed by atoms with Gasteiger partial charge in [0.05, 0.1) is 42.4 Å². The molecule has 0 N–H and O–H groups in total. The SMILES string of the molecule is CCN(Cc1cnc(S(=O)(=O)Cc2ccccc2F)n1C[C@H]1CCCO1)C(=O)c1ccc(C(F)(F)F)cc1. The summed E-state index contributed by atoms with van der Waals surface area (Å²) in [6, 6.07) is 9.50. The van der Waals surface area contributed by atoms with E-state index in [0.717, 1.165) is 30.7 Å². The van der Waals surface area contributed by atoms with Crippen LogP contribution in [0.4, 0.5) is 17.6 Å². The Kier molecular flexibility index (Phi) is 8.22. The highest BCUT2D eigenvalue weighted by molar-refractivity contribution is 7.90. The van der Waals surface area contributed by atoms with Crippen LogP contribution in [0.3, 0.4) is 0 Å². The van der Waals surface area contributed by atoms with Gasteiger partial charge in [-0.05, 0) is 50.1 Å². The molecule has 7 nitrogen and oxygen atoms in total. The van der Waals surface area contributed by atoms with Crippen molar-refractivity contribution in [2.45, 2.75) is 56.0 Å². The topological polar surface area (TPSA) is 81.5 Å². The molecule has 0 saturated carbocycles. The summed E-state index contributed by atoms with van der Waals surface area (Å²) in [6.45, 7) is 2.60.